The highest BCUT2D eigenvalue weighted by atomic mass is 31.1. The zero-order chi connectivity index (χ0) is 23.0. The minimum atomic E-state index is -0.434. The molecule has 0 unspecified atom stereocenters. The van der Waals surface area contributed by atoms with Gasteiger partial charge in [-0.1, -0.05) is 141 Å². The summed E-state index contributed by atoms with van der Waals surface area (Å²) in [7, 11) is -0.846. The normalized spacial score (nSPS) is 15.5. The molecule has 172 valence electrons. The molecular weight excluding hydrogens is 446 g/mol. The van der Waals surface area contributed by atoms with Crippen LogP contribution in [0.25, 0.3) is 0 Å². The van der Waals surface area contributed by atoms with Gasteiger partial charge in [0.25, 0.3) is 0 Å². The van der Waals surface area contributed by atoms with Crippen molar-refractivity contribution >= 4 is 37.1 Å². The molecule has 1 aliphatic carbocycles. The van der Waals surface area contributed by atoms with E-state index in [-0.39, 0.29) is 0 Å². The zero-order valence-electron chi connectivity index (χ0n) is 19.8. The van der Waals surface area contributed by atoms with E-state index < -0.39 is 15.8 Å². The Kier molecular flexibility index (Phi) is 8.24. The molecule has 0 heterocycles. The third kappa shape index (κ3) is 5.68. The molecule has 0 saturated heterocycles. The van der Waals surface area contributed by atoms with E-state index in [0.29, 0.717) is 5.66 Å². The van der Waals surface area contributed by atoms with E-state index in [2.05, 4.69) is 121 Å². The summed E-state index contributed by atoms with van der Waals surface area (Å²) in [6.45, 7) is 0. The molecule has 2 heteroatoms. The van der Waals surface area contributed by atoms with Crippen LogP contribution in [0.15, 0.2) is 121 Å². The van der Waals surface area contributed by atoms with Crippen LogP contribution in [0.5, 0.6) is 0 Å². The van der Waals surface area contributed by atoms with Crippen LogP contribution in [-0.2, 0) is 0 Å². The van der Waals surface area contributed by atoms with Gasteiger partial charge in [0, 0.05) is 0 Å². The second-order valence-corrected chi connectivity index (χ2v) is 14.0. The van der Waals surface area contributed by atoms with Gasteiger partial charge in [-0.05, 0) is 67.6 Å². The highest BCUT2D eigenvalue weighted by Crippen LogP contribution is 2.52. The highest BCUT2D eigenvalue weighted by molar-refractivity contribution is 7.77. The van der Waals surface area contributed by atoms with Crippen LogP contribution < -0.4 is 21.2 Å². The summed E-state index contributed by atoms with van der Waals surface area (Å²) < 4.78 is 0. The summed E-state index contributed by atoms with van der Waals surface area (Å²) in [5, 5.41) is 6.10. The predicted octanol–water partition coefficient (Wildman–Crippen LogP) is 7.20. The van der Waals surface area contributed by atoms with E-state index >= 15 is 0 Å². The summed E-state index contributed by atoms with van der Waals surface area (Å²) in [5.74, 6) is 0.803. The van der Waals surface area contributed by atoms with E-state index in [1.165, 1.54) is 59.5 Å². The summed E-state index contributed by atoms with van der Waals surface area (Å²) in [5.41, 5.74) is 0.687. The molecule has 0 amide bonds. The predicted molar refractivity (Wildman–Crippen MR) is 153 cm³/mol. The van der Waals surface area contributed by atoms with Gasteiger partial charge >= 0.3 is 0 Å². The Morgan fingerprint density at radius 1 is 0.500 bits per heavy atom. The first-order valence-corrected chi connectivity index (χ1v) is 15.6. The van der Waals surface area contributed by atoms with Gasteiger partial charge in [-0.15, -0.1) is 0 Å². The number of hydrogen-bond acceptors (Lipinski definition) is 0. The fraction of sp³-hybridized carbons (Fsp3) is 0.250. The zero-order valence-corrected chi connectivity index (χ0v) is 21.6. The van der Waals surface area contributed by atoms with Crippen LogP contribution in [0.3, 0.4) is 0 Å². The quantitative estimate of drug-likeness (QED) is 0.234. The first kappa shape index (κ1) is 23.5. The molecule has 1 fully saturated rings. The van der Waals surface area contributed by atoms with E-state index in [9.17, 15) is 0 Å². The summed E-state index contributed by atoms with van der Waals surface area (Å²) in [4.78, 5) is 0. The second kappa shape index (κ2) is 11.9. The molecule has 0 bridgehead atoms. The van der Waals surface area contributed by atoms with E-state index in [1.807, 2.05) is 0 Å². The molecular formula is C32H34P2. The first-order chi connectivity index (χ1) is 16.9. The Labute approximate surface area is 208 Å². The van der Waals surface area contributed by atoms with Crippen molar-refractivity contribution in [2.45, 2.75) is 37.8 Å². The van der Waals surface area contributed by atoms with Gasteiger partial charge < -0.3 is 0 Å². The van der Waals surface area contributed by atoms with Crippen molar-refractivity contribution in [2.75, 3.05) is 6.16 Å². The molecule has 0 radical (unpaired) electrons. The van der Waals surface area contributed by atoms with Crippen molar-refractivity contribution < 1.29 is 0 Å². The van der Waals surface area contributed by atoms with Crippen molar-refractivity contribution in [1.82, 2.24) is 0 Å². The molecule has 1 aliphatic rings. The van der Waals surface area contributed by atoms with Crippen LogP contribution >= 0.6 is 15.8 Å². The van der Waals surface area contributed by atoms with Gasteiger partial charge in [0.05, 0.1) is 0 Å². The largest absolute Gasteiger partial charge is 0.0622 e. The molecule has 1 saturated carbocycles. The second-order valence-electron chi connectivity index (χ2n) is 9.29. The summed E-state index contributed by atoms with van der Waals surface area (Å²) in [6.07, 6.45) is 8.23. The van der Waals surface area contributed by atoms with Gasteiger partial charge in [-0.2, -0.15) is 0 Å². The maximum Gasteiger partial charge on any atom is -0.00552 e. The van der Waals surface area contributed by atoms with Crippen molar-refractivity contribution in [1.29, 1.82) is 0 Å². The van der Waals surface area contributed by atoms with Crippen LogP contribution in [0.2, 0.25) is 0 Å². The lowest BCUT2D eigenvalue weighted by molar-refractivity contribution is 0.357. The Bertz CT molecular complexity index is 1030. The molecule has 0 spiro atoms. The third-order valence-electron chi connectivity index (χ3n) is 7.10. The molecule has 0 aliphatic heterocycles. The Hall–Kier alpha value is -2.26. The molecule has 0 nitrogen and oxygen atoms in total. The molecule has 4 aromatic rings. The SMILES string of the molecule is c1ccc(P(C[C@@H](C2CCCCC2)P(c2ccccc2)c2ccccc2)c2ccccc2)cc1. The Morgan fingerprint density at radius 2 is 0.882 bits per heavy atom. The van der Waals surface area contributed by atoms with Crippen molar-refractivity contribution in [2.24, 2.45) is 5.92 Å². The average Bonchev–Trinajstić information content (AvgIpc) is 2.93. The molecule has 0 N–H and O–H groups in total. The van der Waals surface area contributed by atoms with Gasteiger partial charge in [0.15, 0.2) is 0 Å². The van der Waals surface area contributed by atoms with Crippen LogP contribution in [0.1, 0.15) is 32.1 Å². The van der Waals surface area contributed by atoms with Crippen LogP contribution in [-0.4, -0.2) is 11.8 Å². The fourth-order valence-electron chi connectivity index (χ4n) is 5.43. The van der Waals surface area contributed by atoms with E-state index in [0.717, 1.165) is 5.92 Å². The molecule has 34 heavy (non-hydrogen) atoms. The number of benzene rings is 4. The standard InChI is InChI=1S/C32H34P2/c1-6-16-27(17-7-1)32(34(30-22-12-4-13-23-30)31-24-14-5-15-25-31)26-33(28-18-8-2-9-19-28)29-20-10-3-11-21-29/h2-5,8-15,18-25,27,32H,1,6-7,16-17,26H2/t32-/m0/s1. The van der Waals surface area contributed by atoms with Gasteiger partial charge in [0.2, 0.25) is 0 Å². The maximum absolute atomic E-state index is 2.39. The fourth-order valence-corrected chi connectivity index (χ4v) is 11.8. The number of hydrogen-bond donors (Lipinski definition) is 0. The highest BCUT2D eigenvalue weighted by Gasteiger charge is 2.35. The monoisotopic (exact) mass is 480 g/mol. The summed E-state index contributed by atoms with van der Waals surface area (Å²) in [6, 6.07) is 45.5. The Balaban J connectivity index is 1.60. The first-order valence-electron chi connectivity index (χ1n) is 12.7. The van der Waals surface area contributed by atoms with Gasteiger partial charge in [0.1, 0.15) is 0 Å². The van der Waals surface area contributed by atoms with Crippen molar-refractivity contribution in [3.8, 4) is 0 Å². The molecule has 1 atom stereocenters. The Morgan fingerprint density at radius 3 is 1.29 bits per heavy atom. The number of rotatable bonds is 8. The van der Waals surface area contributed by atoms with E-state index in [1.54, 1.807) is 0 Å². The van der Waals surface area contributed by atoms with Crippen LogP contribution in [0, 0.1) is 5.92 Å². The molecule has 4 aromatic carbocycles. The van der Waals surface area contributed by atoms with Crippen molar-refractivity contribution in [3.05, 3.63) is 121 Å². The average molecular weight is 481 g/mol. The van der Waals surface area contributed by atoms with E-state index in [4.69, 9.17) is 0 Å². The molecule has 5 rings (SSSR count). The van der Waals surface area contributed by atoms with Crippen molar-refractivity contribution in [3.63, 3.8) is 0 Å². The minimum absolute atomic E-state index is 0.412. The lowest BCUT2D eigenvalue weighted by Gasteiger charge is -2.39. The maximum atomic E-state index is 2.39. The summed E-state index contributed by atoms with van der Waals surface area (Å²) >= 11 is 0. The van der Waals surface area contributed by atoms with Gasteiger partial charge in [-0.3, -0.25) is 0 Å². The topological polar surface area (TPSA) is 0 Å². The third-order valence-corrected chi connectivity index (χ3v) is 13.0. The van der Waals surface area contributed by atoms with Crippen LogP contribution in [0.4, 0.5) is 0 Å². The lowest BCUT2D eigenvalue weighted by Crippen LogP contribution is -2.34. The lowest BCUT2D eigenvalue weighted by atomic mass is 9.87. The minimum Gasteiger partial charge on any atom is -0.0622 e. The smallest absolute Gasteiger partial charge is 0.00552 e. The van der Waals surface area contributed by atoms with Gasteiger partial charge in [-0.25, -0.2) is 0 Å². The molecule has 0 aromatic heterocycles.